The highest BCUT2D eigenvalue weighted by Gasteiger charge is 2.17. The van der Waals surface area contributed by atoms with Crippen LogP contribution >= 0.6 is 0 Å². The number of nitrogens with zero attached hydrogens (tertiary/aromatic N) is 1. The van der Waals surface area contributed by atoms with Gasteiger partial charge in [-0.1, -0.05) is 0 Å². The van der Waals surface area contributed by atoms with E-state index in [-0.39, 0.29) is 5.91 Å². The van der Waals surface area contributed by atoms with Crippen molar-refractivity contribution < 1.29 is 19.2 Å². The van der Waals surface area contributed by atoms with Crippen LogP contribution in [-0.4, -0.2) is 26.2 Å². The van der Waals surface area contributed by atoms with E-state index in [4.69, 9.17) is 9.57 Å². The van der Waals surface area contributed by atoms with Crippen molar-refractivity contribution in [1.29, 1.82) is 0 Å². The predicted molar refractivity (Wildman–Crippen MR) is 71.2 cm³/mol. The summed E-state index contributed by atoms with van der Waals surface area (Å²) in [5.41, 5.74) is 2.20. The Balaban J connectivity index is 3.17. The van der Waals surface area contributed by atoms with Gasteiger partial charge in [-0.15, -0.1) is 0 Å². The predicted octanol–water partition coefficient (Wildman–Crippen LogP) is 1.94. The fourth-order valence-electron chi connectivity index (χ4n) is 1.83. The summed E-state index contributed by atoms with van der Waals surface area (Å²) in [5, 5.41) is 3.57. The summed E-state index contributed by atoms with van der Waals surface area (Å²) in [4.78, 5) is 27.7. The quantitative estimate of drug-likeness (QED) is 0.849. The number of amides is 2. The molecule has 0 saturated heterocycles. The van der Waals surface area contributed by atoms with Crippen molar-refractivity contribution in [1.82, 2.24) is 5.32 Å². The fourth-order valence-corrected chi connectivity index (χ4v) is 1.83. The van der Waals surface area contributed by atoms with Crippen LogP contribution < -0.4 is 15.1 Å². The molecule has 0 bridgehead atoms. The molecule has 6 heteroatoms. The number of carbonyl (C=O) groups excluding carboxylic acids is 2. The molecule has 1 rings (SSSR count). The highest BCUT2D eigenvalue weighted by atomic mass is 16.7. The van der Waals surface area contributed by atoms with Crippen LogP contribution in [0, 0.1) is 13.8 Å². The topological polar surface area (TPSA) is 67.9 Å². The van der Waals surface area contributed by atoms with Crippen molar-refractivity contribution in [2.45, 2.75) is 20.8 Å². The first-order valence-corrected chi connectivity index (χ1v) is 5.76. The fraction of sp³-hybridized carbons (Fsp3) is 0.385. The first-order chi connectivity index (χ1) is 8.90. The molecule has 19 heavy (non-hydrogen) atoms. The lowest BCUT2D eigenvalue weighted by Crippen LogP contribution is -2.28. The van der Waals surface area contributed by atoms with Crippen molar-refractivity contribution in [3.05, 3.63) is 23.3 Å². The average molecular weight is 266 g/mol. The van der Waals surface area contributed by atoms with Gasteiger partial charge in [0.1, 0.15) is 5.75 Å². The van der Waals surface area contributed by atoms with Crippen molar-refractivity contribution in [2.75, 3.05) is 19.2 Å². The minimum Gasteiger partial charge on any atom is -0.410 e. The summed E-state index contributed by atoms with van der Waals surface area (Å²) < 4.78 is 5.06. The minimum absolute atomic E-state index is 0.228. The molecule has 6 nitrogen and oxygen atoms in total. The smallest absolute Gasteiger partial charge is 0.410 e. The molecule has 1 N–H and O–H groups in total. The zero-order valence-electron chi connectivity index (χ0n) is 11.7. The van der Waals surface area contributed by atoms with Crippen LogP contribution in [-0.2, 0) is 9.63 Å². The molecule has 2 amide bonds. The SMILES string of the molecule is CNC(=O)Oc1cc(C)c(N(OC)C(C)=O)c(C)c1. The summed E-state index contributed by atoms with van der Waals surface area (Å²) in [6.07, 6.45) is -0.540. The van der Waals surface area contributed by atoms with Crippen LogP contribution in [0.1, 0.15) is 18.1 Å². The highest BCUT2D eigenvalue weighted by molar-refractivity contribution is 5.91. The monoisotopic (exact) mass is 266 g/mol. The molecule has 104 valence electrons. The van der Waals surface area contributed by atoms with Crippen LogP contribution in [0.25, 0.3) is 0 Å². The second kappa shape index (κ2) is 6.19. The number of benzene rings is 1. The highest BCUT2D eigenvalue weighted by Crippen LogP contribution is 2.29. The number of rotatable bonds is 3. The van der Waals surface area contributed by atoms with Gasteiger partial charge in [0, 0.05) is 14.0 Å². The Hall–Kier alpha value is -2.08. The van der Waals surface area contributed by atoms with Gasteiger partial charge < -0.3 is 10.1 Å². The zero-order valence-corrected chi connectivity index (χ0v) is 11.7. The Morgan fingerprint density at radius 2 is 1.74 bits per heavy atom. The van der Waals surface area contributed by atoms with Gasteiger partial charge in [0.25, 0.3) is 0 Å². The first-order valence-electron chi connectivity index (χ1n) is 5.76. The molecule has 1 aromatic carbocycles. The molecule has 0 aliphatic carbocycles. The molecule has 0 saturated carbocycles. The van der Waals surface area contributed by atoms with Crippen molar-refractivity contribution in [3.8, 4) is 5.75 Å². The van der Waals surface area contributed by atoms with E-state index >= 15 is 0 Å². The molecule has 0 aliphatic heterocycles. The number of hydrogen-bond donors (Lipinski definition) is 1. The van der Waals surface area contributed by atoms with Crippen molar-refractivity contribution >= 4 is 17.7 Å². The number of hydrogen-bond acceptors (Lipinski definition) is 4. The van der Waals surface area contributed by atoms with E-state index in [0.717, 1.165) is 11.1 Å². The van der Waals surface area contributed by atoms with Crippen LogP contribution in [0.5, 0.6) is 5.75 Å². The molecule has 0 unspecified atom stereocenters. The molecule has 0 aromatic heterocycles. The van der Waals surface area contributed by atoms with Gasteiger partial charge in [0.2, 0.25) is 5.91 Å². The maximum Gasteiger partial charge on any atom is 0.412 e. The second-order valence-corrected chi connectivity index (χ2v) is 4.04. The van der Waals surface area contributed by atoms with Crippen LogP contribution in [0.4, 0.5) is 10.5 Å². The van der Waals surface area contributed by atoms with Crippen molar-refractivity contribution in [3.63, 3.8) is 0 Å². The molecule has 0 spiro atoms. The van der Waals surface area contributed by atoms with E-state index in [0.29, 0.717) is 11.4 Å². The number of ether oxygens (including phenoxy) is 1. The summed E-state index contributed by atoms with van der Waals surface area (Å²) >= 11 is 0. The van der Waals surface area contributed by atoms with Gasteiger partial charge in [-0.2, -0.15) is 5.06 Å². The summed E-state index contributed by atoms with van der Waals surface area (Å²) in [7, 11) is 2.91. The zero-order chi connectivity index (χ0) is 14.6. The number of hydroxylamine groups is 1. The van der Waals surface area contributed by atoms with Crippen LogP contribution in [0.2, 0.25) is 0 Å². The Bertz CT molecular complexity index is 476. The van der Waals surface area contributed by atoms with Crippen LogP contribution in [0.3, 0.4) is 0 Å². The Morgan fingerprint density at radius 3 is 2.11 bits per heavy atom. The lowest BCUT2D eigenvalue weighted by atomic mass is 10.1. The van der Waals surface area contributed by atoms with E-state index in [9.17, 15) is 9.59 Å². The molecular weight excluding hydrogens is 248 g/mol. The third kappa shape index (κ3) is 3.45. The maximum absolute atomic E-state index is 11.5. The third-order valence-corrected chi connectivity index (χ3v) is 2.55. The minimum atomic E-state index is -0.540. The molecule has 0 fully saturated rings. The van der Waals surface area contributed by atoms with Gasteiger partial charge in [0.15, 0.2) is 0 Å². The molecule has 0 radical (unpaired) electrons. The molecule has 0 atom stereocenters. The van der Waals surface area contributed by atoms with Gasteiger partial charge in [-0.05, 0) is 37.1 Å². The second-order valence-electron chi connectivity index (χ2n) is 4.04. The Kier molecular flexibility index (Phi) is 4.88. The summed E-state index contributed by atoms with van der Waals surface area (Å²) in [6, 6.07) is 3.35. The van der Waals surface area contributed by atoms with Gasteiger partial charge in [-0.25, -0.2) is 4.79 Å². The first kappa shape index (κ1) is 15.0. The molecular formula is C13H18N2O4. The standard InChI is InChI=1S/C13H18N2O4/c1-8-6-11(19-13(17)14-4)7-9(2)12(8)15(18-5)10(3)16/h6-7H,1-5H3,(H,14,17). The number of aryl methyl sites for hydroxylation is 2. The van der Waals surface area contributed by atoms with E-state index in [1.807, 2.05) is 13.8 Å². The average Bonchev–Trinajstić information content (AvgIpc) is 2.32. The van der Waals surface area contributed by atoms with E-state index in [2.05, 4.69) is 5.32 Å². The summed E-state index contributed by atoms with van der Waals surface area (Å²) in [5.74, 6) is 0.186. The van der Waals surface area contributed by atoms with E-state index in [1.54, 1.807) is 12.1 Å². The maximum atomic E-state index is 11.5. The van der Waals surface area contributed by atoms with Crippen molar-refractivity contribution in [2.24, 2.45) is 0 Å². The van der Waals surface area contributed by atoms with Gasteiger partial charge >= 0.3 is 6.09 Å². The molecule has 1 aromatic rings. The van der Waals surface area contributed by atoms with E-state index in [1.165, 1.54) is 26.1 Å². The van der Waals surface area contributed by atoms with Gasteiger partial charge in [-0.3, -0.25) is 9.63 Å². The molecule has 0 heterocycles. The third-order valence-electron chi connectivity index (χ3n) is 2.55. The Morgan fingerprint density at radius 1 is 1.21 bits per heavy atom. The number of nitrogens with one attached hydrogen (secondary N) is 1. The number of anilines is 1. The number of carbonyl (C=O) groups is 2. The van der Waals surface area contributed by atoms with E-state index < -0.39 is 6.09 Å². The lowest BCUT2D eigenvalue weighted by molar-refractivity contribution is -0.122. The normalized spacial score (nSPS) is 9.95. The van der Waals surface area contributed by atoms with Crippen LogP contribution in [0.15, 0.2) is 12.1 Å². The Labute approximate surface area is 112 Å². The molecule has 0 aliphatic rings. The largest absolute Gasteiger partial charge is 0.412 e. The van der Waals surface area contributed by atoms with Gasteiger partial charge in [0.05, 0.1) is 12.8 Å². The summed E-state index contributed by atoms with van der Waals surface area (Å²) in [6.45, 7) is 5.04. The lowest BCUT2D eigenvalue weighted by Gasteiger charge is -2.22.